The van der Waals surface area contributed by atoms with E-state index in [-0.39, 0.29) is 5.56 Å². The lowest BCUT2D eigenvalue weighted by Crippen LogP contribution is -2.24. The molecule has 0 saturated heterocycles. The quantitative estimate of drug-likeness (QED) is 0.487. The molecule has 0 N–H and O–H groups in total. The van der Waals surface area contributed by atoms with Gasteiger partial charge < -0.3 is 0 Å². The molecule has 4 aromatic rings. The molecule has 0 aliphatic heterocycles. The van der Waals surface area contributed by atoms with Gasteiger partial charge in [-0.25, -0.2) is 4.98 Å². The second-order valence-corrected chi connectivity index (χ2v) is 7.66. The molecule has 0 amide bonds. The van der Waals surface area contributed by atoms with Crippen LogP contribution in [0.3, 0.4) is 0 Å². The van der Waals surface area contributed by atoms with E-state index >= 15 is 0 Å². The lowest BCUT2D eigenvalue weighted by atomic mass is 9.95. The normalized spacial score (nSPS) is 10.6. The third-order valence-electron chi connectivity index (χ3n) is 5.28. The van der Waals surface area contributed by atoms with Crippen molar-refractivity contribution in [1.29, 1.82) is 5.26 Å². The Kier molecular flexibility index (Phi) is 5.46. The highest BCUT2D eigenvalue weighted by Gasteiger charge is 2.10. The molecule has 0 unspecified atom stereocenters. The molecular weight excluding hydrogens is 384 g/mol. The minimum absolute atomic E-state index is 0.0563. The first-order valence-electron chi connectivity index (χ1n) is 10.1. The number of aryl methyl sites for hydroxylation is 3. The largest absolute Gasteiger partial charge is 0.292 e. The van der Waals surface area contributed by atoms with Crippen LogP contribution in [0.15, 0.2) is 71.7 Å². The minimum atomic E-state index is -0.0563. The average Bonchev–Trinajstić information content (AvgIpc) is 2.76. The van der Waals surface area contributed by atoms with E-state index in [1.165, 1.54) is 0 Å². The summed E-state index contributed by atoms with van der Waals surface area (Å²) in [4.78, 5) is 21.2. The van der Waals surface area contributed by atoms with Crippen LogP contribution in [0, 0.1) is 32.1 Å². The monoisotopic (exact) mass is 406 g/mol. The first kappa shape index (κ1) is 20.2. The number of hydrogen-bond acceptors (Lipinski definition) is 4. The fourth-order valence-electron chi connectivity index (χ4n) is 3.66. The van der Waals surface area contributed by atoms with Crippen LogP contribution < -0.4 is 5.56 Å². The van der Waals surface area contributed by atoms with Gasteiger partial charge in [0.25, 0.3) is 5.56 Å². The summed E-state index contributed by atoms with van der Waals surface area (Å²) in [5, 5.41) is 9.61. The smallest absolute Gasteiger partial charge is 0.254 e. The minimum Gasteiger partial charge on any atom is -0.292 e. The van der Waals surface area contributed by atoms with Gasteiger partial charge >= 0.3 is 0 Å². The predicted octanol–water partition coefficient (Wildman–Crippen LogP) is 4.82. The van der Waals surface area contributed by atoms with E-state index < -0.39 is 0 Å². The van der Waals surface area contributed by atoms with E-state index in [2.05, 4.69) is 16.0 Å². The predicted molar refractivity (Wildman–Crippen MR) is 122 cm³/mol. The van der Waals surface area contributed by atoms with Crippen LogP contribution >= 0.6 is 0 Å². The summed E-state index contributed by atoms with van der Waals surface area (Å²) < 4.78 is 1.66. The summed E-state index contributed by atoms with van der Waals surface area (Å²) in [6, 6.07) is 21.5. The Bertz CT molecular complexity index is 1360. The zero-order valence-electron chi connectivity index (χ0n) is 17.8. The molecule has 5 nitrogen and oxygen atoms in total. The van der Waals surface area contributed by atoms with Crippen molar-refractivity contribution in [1.82, 2.24) is 14.5 Å². The van der Waals surface area contributed by atoms with Crippen LogP contribution in [0.5, 0.6) is 0 Å². The van der Waals surface area contributed by atoms with Gasteiger partial charge in [0, 0.05) is 29.1 Å². The van der Waals surface area contributed by atoms with E-state index in [0.29, 0.717) is 17.9 Å². The number of pyridine rings is 1. The van der Waals surface area contributed by atoms with Crippen molar-refractivity contribution in [3.05, 3.63) is 105 Å². The highest BCUT2D eigenvalue weighted by Crippen LogP contribution is 2.29. The Morgan fingerprint density at radius 3 is 2.35 bits per heavy atom. The molecule has 2 aromatic heterocycles. The van der Waals surface area contributed by atoms with Crippen molar-refractivity contribution in [2.24, 2.45) is 0 Å². The summed E-state index contributed by atoms with van der Waals surface area (Å²) >= 11 is 0. The van der Waals surface area contributed by atoms with E-state index in [4.69, 9.17) is 0 Å². The van der Waals surface area contributed by atoms with Gasteiger partial charge in [-0.15, -0.1) is 0 Å². The molecule has 152 valence electrons. The van der Waals surface area contributed by atoms with Crippen molar-refractivity contribution < 1.29 is 0 Å². The molecule has 0 aliphatic rings. The van der Waals surface area contributed by atoms with Gasteiger partial charge in [0.1, 0.15) is 5.82 Å². The highest BCUT2D eigenvalue weighted by molar-refractivity contribution is 5.76. The number of nitriles is 1. The summed E-state index contributed by atoms with van der Waals surface area (Å²) in [6.45, 7) is 6.15. The van der Waals surface area contributed by atoms with Crippen LogP contribution in [0.25, 0.3) is 22.4 Å². The topological polar surface area (TPSA) is 71.6 Å². The van der Waals surface area contributed by atoms with Crippen molar-refractivity contribution in [3.8, 4) is 28.5 Å². The summed E-state index contributed by atoms with van der Waals surface area (Å²) in [5.41, 5.74) is 7.06. The Balaban J connectivity index is 1.68. The zero-order chi connectivity index (χ0) is 22.0. The number of rotatable bonds is 4. The maximum Gasteiger partial charge on any atom is 0.254 e. The van der Waals surface area contributed by atoms with E-state index in [1.54, 1.807) is 16.8 Å². The van der Waals surface area contributed by atoms with E-state index in [9.17, 15) is 10.1 Å². The number of benzene rings is 2. The fourth-order valence-corrected chi connectivity index (χ4v) is 3.66. The number of aromatic nitrogens is 3. The molecule has 2 heterocycles. The molecule has 0 spiro atoms. The van der Waals surface area contributed by atoms with Gasteiger partial charge in [0.2, 0.25) is 0 Å². The molecule has 31 heavy (non-hydrogen) atoms. The zero-order valence-corrected chi connectivity index (χ0v) is 17.8. The van der Waals surface area contributed by atoms with Gasteiger partial charge in [0.05, 0.1) is 23.9 Å². The molecule has 2 aromatic carbocycles. The molecule has 0 bridgehead atoms. The second-order valence-electron chi connectivity index (χ2n) is 7.66. The third kappa shape index (κ3) is 4.29. The molecule has 0 radical (unpaired) electrons. The molecule has 0 saturated carbocycles. The molecule has 4 rings (SSSR count). The van der Waals surface area contributed by atoms with Crippen molar-refractivity contribution >= 4 is 0 Å². The van der Waals surface area contributed by atoms with Crippen LogP contribution in [0.4, 0.5) is 0 Å². The Labute approximate surface area is 181 Å². The lowest BCUT2D eigenvalue weighted by molar-refractivity contribution is 0.694. The third-order valence-corrected chi connectivity index (χ3v) is 5.28. The lowest BCUT2D eigenvalue weighted by Gasteiger charge is -2.11. The van der Waals surface area contributed by atoms with Crippen molar-refractivity contribution in [2.45, 2.75) is 27.3 Å². The van der Waals surface area contributed by atoms with Gasteiger partial charge in [-0.3, -0.25) is 14.3 Å². The summed E-state index contributed by atoms with van der Waals surface area (Å²) in [7, 11) is 0. The second kappa shape index (κ2) is 8.37. The molecular formula is C26H22N4O. The summed E-state index contributed by atoms with van der Waals surface area (Å²) in [6.07, 6.45) is 1.79. The van der Waals surface area contributed by atoms with Gasteiger partial charge in [0.15, 0.2) is 0 Å². The number of hydrogen-bond donors (Lipinski definition) is 0. The van der Waals surface area contributed by atoms with Crippen LogP contribution in [0.2, 0.25) is 0 Å². The molecule has 5 heteroatoms. The molecule has 0 fully saturated rings. The molecule has 0 atom stereocenters. The van der Waals surface area contributed by atoms with Gasteiger partial charge in [-0.2, -0.15) is 5.26 Å². The van der Waals surface area contributed by atoms with E-state index in [1.807, 2.05) is 75.4 Å². The standard InChI is InChI=1S/C26H22N4O/c1-17-10-11-28-25(12-17)22-8-9-23(15-27)24(14-22)21-6-4-20(5-7-21)16-30-19(3)29-18(2)13-26(30)31/h4-14H,16H2,1-3H3. The maximum atomic E-state index is 12.3. The average molecular weight is 406 g/mol. The SMILES string of the molecule is Cc1ccnc(-c2ccc(C#N)c(-c3ccc(Cn4c(C)nc(C)cc4=O)cc3)c2)c1. The first-order chi connectivity index (χ1) is 14.9. The number of nitrogens with zero attached hydrogens (tertiary/aromatic N) is 4. The highest BCUT2D eigenvalue weighted by atomic mass is 16.1. The molecule has 0 aliphatic carbocycles. The van der Waals surface area contributed by atoms with Crippen molar-refractivity contribution in [3.63, 3.8) is 0 Å². The first-order valence-corrected chi connectivity index (χ1v) is 10.1. The van der Waals surface area contributed by atoms with Gasteiger partial charge in [-0.1, -0.05) is 30.3 Å². The van der Waals surface area contributed by atoms with Crippen LogP contribution in [0.1, 0.15) is 28.2 Å². The maximum absolute atomic E-state index is 12.3. The van der Waals surface area contributed by atoms with Crippen LogP contribution in [-0.2, 0) is 6.54 Å². The fraction of sp³-hybridized carbons (Fsp3) is 0.154. The van der Waals surface area contributed by atoms with Crippen LogP contribution in [-0.4, -0.2) is 14.5 Å². The summed E-state index contributed by atoms with van der Waals surface area (Å²) in [5.74, 6) is 0.694. The van der Waals surface area contributed by atoms with Crippen molar-refractivity contribution in [2.75, 3.05) is 0 Å². The van der Waals surface area contributed by atoms with Gasteiger partial charge in [-0.05, 0) is 61.7 Å². The Morgan fingerprint density at radius 1 is 0.935 bits per heavy atom. The Morgan fingerprint density at radius 2 is 1.68 bits per heavy atom. The van der Waals surface area contributed by atoms with E-state index in [0.717, 1.165) is 39.2 Å². The Hall–Kier alpha value is -4.04.